The average molecular weight is 197 g/mol. The van der Waals surface area contributed by atoms with Gasteiger partial charge in [0.2, 0.25) is 0 Å². The minimum atomic E-state index is -0.111. The number of halogens is 3. The summed E-state index contributed by atoms with van der Waals surface area (Å²) in [6, 6.07) is 0. The quantitative estimate of drug-likeness (QED) is 0.567. The Labute approximate surface area is 75.5 Å². The molecule has 1 rings (SSSR count). The summed E-state index contributed by atoms with van der Waals surface area (Å²) in [6.45, 7) is 0. The van der Waals surface area contributed by atoms with Crippen molar-refractivity contribution in [2.75, 3.05) is 5.88 Å². The molecule has 0 N–H and O–H groups in total. The molecule has 0 spiro atoms. The fourth-order valence-corrected chi connectivity index (χ4v) is 1.33. The van der Waals surface area contributed by atoms with E-state index in [9.17, 15) is 0 Å². The first kappa shape index (κ1) is 8.45. The molecule has 0 saturated heterocycles. The number of hydrogen-bond donors (Lipinski definition) is 0. The molecule has 2 unspecified atom stereocenters. The second-order valence-electron chi connectivity index (χ2n) is 2.12. The van der Waals surface area contributed by atoms with Gasteiger partial charge in [0.25, 0.3) is 0 Å². The lowest BCUT2D eigenvalue weighted by molar-refractivity contribution is 1.03. The predicted octanol–water partition coefficient (Wildman–Crippen LogP) is 2.94. The van der Waals surface area contributed by atoms with Gasteiger partial charge in [-0.05, 0) is 5.57 Å². The van der Waals surface area contributed by atoms with E-state index in [2.05, 4.69) is 0 Å². The van der Waals surface area contributed by atoms with E-state index in [1.165, 1.54) is 0 Å². The summed E-state index contributed by atoms with van der Waals surface area (Å²) in [6.07, 6.45) is 5.65. The molecule has 0 saturated carbocycles. The molecule has 1 aliphatic carbocycles. The highest BCUT2D eigenvalue weighted by molar-refractivity contribution is 6.32. The van der Waals surface area contributed by atoms with Crippen LogP contribution in [0.1, 0.15) is 0 Å². The van der Waals surface area contributed by atoms with Crippen molar-refractivity contribution in [1.29, 1.82) is 0 Å². The molecule has 0 heterocycles. The molecule has 0 nitrogen and oxygen atoms in total. The predicted molar refractivity (Wildman–Crippen MR) is 47.2 cm³/mol. The van der Waals surface area contributed by atoms with Crippen molar-refractivity contribution in [2.45, 2.75) is 10.8 Å². The zero-order chi connectivity index (χ0) is 7.56. The highest BCUT2D eigenvalue weighted by Crippen LogP contribution is 2.20. The van der Waals surface area contributed by atoms with Crippen molar-refractivity contribution in [3.63, 3.8) is 0 Å². The number of hydrogen-bond acceptors (Lipinski definition) is 0. The van der Waals surface area contributed by atoms with Crippen LogP contribution in [0.3, 0.4) is 0 Å². The van der Waals surface area contributed by atoms with E-state index in [4.69, 9.17) is 34.8 Å². The summed E-state index contributed by atoms with van der Waals surface area (Å²) < 4.78 is 0. The lowest BCUT2D eigenvalue weighted by Gasteiger charge is -2.13. The van der Waals surface area contributed by atoms with Crippen LogP contribution in [0.2, 0.25) is 0 Å². The maximum absolute atomic E-state index is 5.82. The normalized spacial score (nSPS) is 32.1. The SMILES string of the molecule is ClCC1=CC(Cl)C(Cl)C=C1. The van der Waals surface area contributed by atoms with Crippen molar-refractivity contribution in [1.82, 2.24) is 0 Å². The Morgan fingerprint density at radius 2 is 2.00 bits per heavy atom. The molecular formula is C7H7Cl3. The number of alkyl halides is 3. The first-order valence-electron chi connectivity index (χ1n) is 2.97. The van der Waals surface area contributed by atoms with Gasteiger partial charge in [0.1, 0.15) is 0 Å². The second-order valence-corrected chi connectivity index (χ2v) is 3.40. The van der Waals surface area contributed by atoms with Gasteiger partial charge in [0.15, 0.2) is 0 Å². The molecule has 10 heavy (non-hydrogen) atoms. The molecule has 0 amide bonds. The lowest BCUT2D eigenvalue weighted by atomic mass is 10.1. The maximum atomic E-state index is 5.82. The van der Waals surface area contributed by atoms with Crippen molar-refractivity contribution in [3.8, 4) is 0 Å². The zero-order valence-electron chi connectivity index (χ0n) is 5.23. The topological polar surface area (TPSA) is 0 Å². The lowest BCUT2D eigenvalue weighted by Crippen LogP contribution is -2.13. The molecule has 2 atom stereocenters. The molecule has 0 bridgehead atoms. The summed E-state index contributed by atoms with van der Waals surface area (Å²) in [5.74, 6) is 0.503. The first-order chi connectivity index (χ1) is 4.74. The molecule has 0 aliphatic heterocycles. The van der Waals surface area contributed by atoms with Crippen LogP contribution in [0.15, 0.2) is 23.8 Å². The monoisotopic (exact) mass is 196 g/mol. The fraction of sp³-hybridized carbons (Fsp3) is 0.429. The van der Waals surface area contributed by atoms with Gasteiger partial charge in [0.05, 0.1) is 10.8 Å². The Morgan fingerprint density at radius 3 is 2.50 bits per heavy atom. The summed E-state index contributed by atoms with van der Waals surface area (Å²) >= 11 is 17.2. The van der Waals surface area contributed by atoms with E-state index in [0.29, 0.717) is 5.88 Å². The van der Waals surface area contributed by atoms with Gasteiger partial charge >= 0.3 is 0 Å². The Hall–Kier alpha value is 0.350. The Kier molecular flexibility index (Phi) is 3.09. The molecule has 0 fully saturated rings. The second kappa shape index (κ2) is 3.66. The fourth-order valence-electron chi connectivity index (χ4n) is 0.763. The minimum Gasteiger partial charge on any atom is -0.122 e. The van der Waals surface area contributed by atoms with Gasteiger partial charge in [-0.3, -0.25) is 0 Å². The van der Waals surface area contributed by atoms with Gasteiger partial charge in [0, 0.05) is 5.88 Å². The first-order valence-corrected chi connectivity index (χ1v) is 4.38. The Morgan fingerprint density at radius 1 is 1.30 bits per heavy atom. The van der Waals surface area contributed by atoms with Crippen molar-refractivity contribution in [3.05, 3.63) is 23.8 Å². The van der Waals surface area contributed by atoms with Crippen molar-refractivity contribution < 1.29 is 0 Å². The van der Waals surface area contributed by atoms with Gasteiger partial charge in [-0.1, -0.05) is 18.2 Å². The van der Waals surface area contributed by atoms with Crippen LogP contribution in [0.5, 0.6) is 0 Å². The van der Waals surface area contributed by atoms with E-state index < -0.39 is 0 Å². The molecular weight excluding hydrogens is 190 g/mol. The molecule has 0 aromatic heterocycles. The average Bonchev–Trinajstić information content (AvgIpc) is 1.95. The number of allylic oxidation sites excluding steroid dienone is 4. The third kappa shape index (κ3) is 1.91. The van der Waals surface area contributed by atoms with Gasteiger partial charge in [-0.15, -0.1) is 34.8 Å². The van der Waals surface area contributed by atoms with Crippen LogP contribution in [0, 0.1) is 0 Å². The summed E-state index contributed by atoms with van der Waals surface area (Å²) in [4.78, 5) is 0. The third-order valence-electron chi connectivity index (χ3n) is 1.33. The molecule has 0 aromatic rings. The Balaban J connectivity index is 2.66. The number of rotatable bonds is 1. The molecule has 1 aliphatic rings. The molecule has 0 aromatic carbocycles. The summed E-state index contributed by atoms with van der Waals surface area (Å²) in [5, 5.41) is -0.200. The van der Waals surface area contributed by atoms with Gasteiger partial charge < -0.3 is 0 Å². The van der Waals surface area contributed by atoms with E-state index in [1.54, 1.807) is 0 Å². The standard InChI is InChI=1S/C7H7Cl3/c8-4-5-1-2-6(9)7(10)3-5/h1-3,6-7H,4H2. The van der Waals surface area contributed by atoms with Gasteiger partial charge in [-0.2, -0.15) is 0 Å². The highest BCUT2D eigenvalue weighted by atomic mass is 35.5. The van der Waals surface area contributed by atoms with Crippen LogP contribution < -0.4 is 0 Å². The summed E-state index contributed by atoms with van der Waals surface area (Å²) in [5.41, 5.74) is 1.04. The Bertz CT molecular complexity index is 172. The maximum Gasteiger partial charge on any atom is 0.0721 e. The highest BCUT2D eigenvalue weighted by Gasteiger charge is 2.14. The van der Waals surface area contributed by atoms with Crippen LogP contribution in [-0.4, -0.2) is 16.6 Å². The molecule has 3 heteroatoms. The largest absolute Gasteiger partial charge is 0.122 e. The van der Waals surface area contributed by atoms with Crippen LogP contribution in [0.25, 0.3) is 0 Å². The van der Waals surface area contributed by atoms with Crippen molar-refractivity contribution in [2.24, 2.45) is 0 Å². The molecule has 0 radical (unpaired) electrons. The van der Waals surface area contributed by atoms with Crippen molar-refractivity contribution >= 4 is 34.8 Å². The third-order valence-corrected chi connectivity index (χ3v) is 2.58. The smallest absolute Gasteiger partial charge is 0.0721 e. The minimum absolute atomic E-state index is 0.0892. The van der Waals surface area contributed by atoms with Gasteiger partial charge in [-0.25, -0.2) is 0 Å². The van der Waals surface area contributed by atoms with E-state index in [-0.39, 0.29) is 10.8 Å². The molecule has 56 valence electrons. The van der Waals surface area contributed by atoms with Crippen LogP contribution in [-0.2, 0) is 0 Å². The van der Waals surface area contributed by atoms with E-state index >= 15 is 0 Å². The van der Waals surface area contributed by atoms with Crippen LogP contribution >= 0.6 is 34.8 Å². The summed E-state index contributed by atoms with van der Waals surface area (Å²) in [7, 11) is 0. The van der Waals surface area contributed by atoms with E-state index in [0.717, 1.165) is 5.57 Å². The van der Waals surface area contributed by atoms with Crippen LogP contribution in [0.4, 0.5) is 0 Å². The van der Waals surface area contributed by atoms with E-state index in [1.807, 2.05) is 18.2 Å². The zero-order valence-corrected chi connectivity index (χ0v) is 7.50.